The van der Waals surface area contributed by atoms with Crippen LogP contribution in [0.25, 0.3) is 0 Å². The maximum absolute atomic E-state index is 9.13. The zero-order valence-corrected chi connectivity index (χ0v) is 12.7. The van der Waals surface area contributed by atoms with Crippen LogP contribution in [0.1, 0.15) is 51.3 Å². The number of rotatable bonds is 5. The molecule has 0 saturated heterocycles. The Bertz CT molecular complexity index is 437. The van der Waals surface area contributed by atoms with Gasteiger partial charge in [-0.15, -0.1) is 0 Å². The molecule has 0 aliphatic heterocycles. The Morgan fingerprint density at radius 2 is 2.00 bits per heavy atom. The summed E-state index contributed by atoms with van der Waals surface area (Å²) < 4.78 is 0. The first kappa shape index (κ1) is 14.5. The van der Waals surface area contributed by atoms with E-state index in [0.717, 1.165) is 19.4 Å². The van der Waals surface area contributed by atoms with Crippen molar-refractivity contribution in [2.24, 2.45) is 10.8 Å². The standard InChI is InChI=1S/C17H27NO/c1-16(2,9-10-19)12-18-15-14-8-6-5-7-13(14)11-17(15,3)4/h5-8,15,18-19H,9-12H2,1-4H3. The summed E-state index contributed by atoms with van der Waals surface area (Å²) in [6, 6.07) is 9.18. The maximum atomic E-state index is 9.13. The van der Waals surface area contributed by atoms with Crippen molar-refractivity contribution in [2.45, 2.75) is 46.6 Å². The van der Waals surface area contributed by atoms with Crippen LogP contribution in [0, 0.1) is 10.8 Å². The molecule has 0 bridgehead atoms. The second-order valence-corrected chi connectivity index (χ2v) is 7.32. The monoisotopic (exact) mass is 261 g/mol. The number of aliphatic hydroxyl groups is 1. The van der Waals surface area contributed by atoms with E-state index in [0.29, 0.717) is 6.04 Å². The summed E-state index contributed by atoms with van der Waals surface area (Å²) in [7, 11) is 0. The van der Waals surface area contributed by atoms with Crippen LogP contribution in [0.4, 0.5) is 0 Å². The number of hydrogen-bond acceptors (Lipinski definition) is 2. The molecule has 0 spiro atoms. The number of aliphatic hydroxyl groups excluding tert-OH is 1. The van der Waals surface area contributed by atoms with Gasteiger partial charge in [0.2, 0.25) is 0 Å². The van der Waals surface area contributed by atoms with E-state index in [-0.39, 0.29) is 17.4 Å². The summed E-state index contributed by atoms with van der Waals surface area (Å²) in [5.41, 5.74) is 3.33. The van der Waals surface area contributed by atoms with Gasteiger partial charge in [0, 0.05) is 19.2 Å². The van der Waals surface area contributed by atoms with Gasteiger partial charge in [-0.3, -0.25) is 0 Å². The van der Waals surface area contributed by atoms with E-state index in [9.17, 15) is 0 Å². The number of nitrogens with one attached hydrogen (secondary N) is 1. The maximum Gasteiger partial charge on any atom is 0.0436 e. The molecule has 1 aromatic carbocycles. The van der Waals surface area contributed by atoms with Gasteiger partial charge in [0.25, 0.3) is 0 Å². The largest absolute Gasteiger partial charge is 0.396 e. The van der Waals surface area contributed by atoms with Gasteiger partial charge in [-0.1, -0.05) is 52.0 Å². The van der Waals surface area contributed by atoms with Gasteiger partial charge < -0.3 is 10.4 Å². The molecule has 0 radical (unpaired) electrons. The van der Waals surface area contributed by atoms with Crippen molar-refractivity contribution in [3.63, 3.8) is 0 Å². The van der Waals surface area contributed by atoms with Crippen LogP contribution in [0.5, 0.6) is 0 Å². The molecule has 2 nitrogen and oxygen atoms in total. The van der Waals surface area contributed by atoms with Gasteiger partial charge in [-0.25, -0.2) is 0 Å². The van der Waals surface area contributed by atoms with E-state index in [4.69, 9.17) is 5.11 Å². The van der Waals surface area contributed by atoms with Crippen LogP contribution < -0.4 is 5.32 Å². The third-order valence-corrected chi connectivity index (χ3v) is 4.37. The van der Waals surface area contributed by atoms with Crippen molar-refractivity contribution in [1.82, 2.24) is 5.32 Å². The highest BCUT2D eigenvalue weighted by molar-refractivity contribution is 5.37. The Kier molecular flexibility index (Phi) is 4.03. The topological polar surface area (TPSA) is 32.3 Å². The molecule has 1 unspecified atom stereocenters. The highest BCUT2D eigenvalue weighted by Crippen LogP contribution is 2.45. The first-order valence-electron chi connectivity index (χ1n) is 7.28. The third kappa shape index (κ3) is 3.18. The number of fused-ring (bicyclic) bond motifs is 1. The molecule has 106 valence electrons. The molecule has 19 heavy (non-hydrogen) atoms. The van der Waals surface area contributed by atoms with E-state index >= 15 is 0 Å². The SMILES string of the molecule is CC(C)(CCO)CNC1c2ccccc2CC1(C)C. The van der Waals surface area contributed by atoms with Gasteiger partial charge in [0.15, 0.2) is 0 Å². The molecule has 1 aromatic rings. The predicted octanol–water partition coefficient (Wildman–Crippen LogP) is 3.31. The Morgan fingerprint density at radius 3 is 2.68 bits per heavy atom. The van der Waals surface area contributed by atoms with Crippen molar-refractivity contribution in [3.8, 4) is 0 Å². The number of hydrogen-bond donors (Lipinski definition) is 2. The highest BCUT2D eigenvalue weighted by Gasteiger charge is 2.38. The van der Waals surface area contributed by atoms with Crippen LogP contribution in [0.3, 0.4) is 0 Å². The lowest BCUT2D eigenvalue weighted by molar-refractivity contribution is 0.184. The Labute approximate surface area is 117 Å². The Hall–Kier alpha value is -0.860. The minimum Gasteiger partial charge on any atom is -0.396 e. The van der Waals surface area contributed by atoms with E-state index in [1.807, 2.05) is 0 Å². The molecule has 1 aliphatic rings. The van der Waals surface area contributed by atoms with E-state index in [1.54, 1.807) is 0 Å². The van der Waals surface area contributed by atoms with Crippen molar-refractivity contribution in [1.29, 1.82) is 0 Å². The normalized spacial score (nSPS) is 21.4. The molecule has 2 heteroatoms. The summed E-state index contributed by atoms with van der Waals surface area (Å²) in [6.07, 6.45) is 1.98. The van der Waals surface area contributed by atoms with Crippen molar-refractivity contribution >= 4 is 0 Å². The minimum atomic E-state index is 0.141. The molecule has 0 amide bonds. The second kappa shape index (κ2) is 5.26. The average molecular weight is 261 g/mol. The van der Waals surface area contributed by atoms with Gasteiger partial charge in [-0.2, -0.15) is 0 Å². The lowest BCUT2D eigenvalue weighted by atomic mass is 9.83. The van der Waals surface area contributed by atoms with E-state index in [1.165, 1.54) is 11.1 Å². The van der Waals surface area contributed by atoms with Gasteiger partial charge >= 0.3 is 0 Å². The molecule has 0 aromatic heterocycles. The van der Waals surface area contributed by atoms with Crippen LogP contribution in [0.2, 0.25) is 0 Å². The Balaban J connectivity index is 2.11. The molecule has 0 heterocycles. The van der Waals surface area contributed by atoms with Crippen molar-refractivity contribution in [2.75, 3.05) is 13.2 Å². The molecular formula is C17H27NO. The van der Waals surface area contributed by atoms with Gasteiger partial charge in [0.05, 0.1) is 0 Å². The molecule has 2 N–H and O–H groups in total. The molecule has 1 aliphatic carbocycles. The van der Waals surface area contributed by atoms with Gasteiger partial charge in [-0.05, 0) is 34.8 Å². The first-order valence-corrected chi connectivity index (χ1v) is 7.28. The van der Waals surface area contributed by atoms with Crippen LogP contribution in [-0.4, -0.2) is 18.3 Å². The smallest absolute Gasteiger partial charge is 0.0436 e. The van der Waals surface area contributed by atoms with Gasteiger partial charge in [0.1, 0.15) is 0 Å². The molecule has 2 rings (SSSR count). The highest BCUT2D eigenvalue weighted by atomic mass is 16.3. The second-order valence-electron chi connectivity index (χ2n) is 7.32. The zero-order chi connectivity index (χ0) is 14.1. The van der Waals surface area contributed by atoms with Crippen molar-refractivity contribution in [3.05, 3.63) is 35.4 Å². The fraction of sp³-hybridized carbons (Fsp3) is 0.647. The fourth-order valence-corrected chi connectivity index (χ4v) is 3.15. The molecule has 0 saturated carbocycles. The Morgan fingerprint density at radius 1 is 1.32 bits per heavy atom. The van der Waals surface area contributed by atoms with E-state index < -0.39 is 0 Å². The lowest BCUT2D eigenvalue weighted by Gasteiger charge is -2.33. The lowest BCUT2D eigenvalue weighted by Crippen LogP contribution is -2.37. The van der Waals surface area contributed by atoms with E-state index in [2.05, 4.69) is 57.3 Å². The summed E-state index contributed by atoms with van der Waals surface area (Å²) in [6.45, 7) is 10.3. The molecular weight excluding hydrogens is 234 g/mol. The number of benzene rings is 1. The van der Waals surface area contributed by atoms with Crippen molar-refractivity contribution < 1.29 is 5.11 Å². The quantitative estimate of drug-likeness (QED) is 0.852. The first-order chi connectivity index (χ1) is 8.86. The van der Waals surface area contributed by atoms with Crippen LogP contribution in [-0.2, 0) is 6.42 Å². The van der Waals surface area contributed by atoms with Crippen LogP contribution >= 0.6 is 0 Å². The predicted molar refractivity (Wildman–Crippen MR) is 80.2 cm³/mol. The van der Waals surface area contributed by atoms with Crippen LogP contribution in [0.15, 0.2) is 24.3 Å². The average Bonchev–Trinajstić information content (AvgIpc) is 2.56. The summed E-state index contributed by atoms with van der Waals surface area (Å²) >= 11 is 0. The minimum absolute atomic E-state index is 0.141. The molecule has 1 atom stereocenters. The third-order valence-electron chi connectivity index (χ3n) is 4.37. The summed E-state index contributed by atoms with van der Waals surface area (Å²) in [5.74, 6) is 0. The molecule has 0 fully saturated rings. The summed E-state index contributed by atoms with van der Waals surface area (Å²) in [5, 5.41) is 12.9. The zero-order valence-electron chi connectivity index (χ0n) is 12.7. The summed E-state index contributed by atoms with van der Waals surface area (Å²) in [4.78, 5) is 0. The fourth-order valence-electron chi connectivity index (χ4n) is 3.15.